The zero-order valence-corrected chi connectivity index (χ0v) is 33.3. The number of ketones is 1. The Labute approximate surface area is 325 Å². The quantitative estimate of drug-likeness (QED) is 0.0323. The lowest BCUT2D eigenvalue weighted by molar-refractivity contribution is -0.142. The van der Waals surface area contributed by atoms with Crippen molar-refractivity contribution >= 4 is 41.4 Å². The van der Waals surface area contributed by atoms with Crippen LogP contribution in [0.25, 0.3) is 0 Å². The minimum atomic E-state index is -1.19. The number of carbonyl (C=O) groups is 7. The van der Waals surface area contributed by atoms with Gasteiger partial charge in [-0.2, -0.15) is 0 Å². The maximum absolute atomic E-state index is 12.3. The Balaban J connectivity index is 4.02. The van der Waals surface area contributed by atoms with Crippen molar-refractivity contribution in [3.05, 3.63) is 0 Å². The second kappa shape index (κ2) is 33.6. The fourth-order valence-corrected chi connectivity index (χ4v) is 5.39. The van der Waals surface area contributed by atoms with E-state index in [0.29, 0.717) is 39.0 Å². The summed E-state index contributed by atoms with van der Waals surface area (Å²) in [6.07, 6.45) is 7.16. The van der Waals surface area contributed by atoms with Crippen LogP contribution < -0.4 is 31.9 Å². The molecule has 55 heavy (non-hydrogen) atoms. The van der Waals surface area contributed by atoms with Crippen LogP contribution in [0, 0.1) is 0 Å². The molecule has 0 aromatic carbocycles. The molecule has 0 fully saturated rings. The van der Waals surface area contributed by atoms with Crippen LogP contribution in [0.4, 0.5) is 0 Å². The van der Waals surface area contributed by atoms with E-state index < -0.39 is 36.2 Å². The number of likely N-dealkylation sites (N-methyl/N-ethyl adjacent to an activating group) is 1. The Morgan fingerprint density at radius 2 is 1.16 bits per heavy atom. The normalized spacial score (nSPS) is 13.2. The summed E-state index contributed by atoms with van der Waals surface area (Å²) < 4.78 is 16.2. The molecule has 8 N–H and O–H groups in total. The Morgan fingerprint density at radius 3 is 1.78 bits per heavy atom. The van der Waals surface area contributed by atoms with Crippen molar-refractivity contribution in [2.45, 2.75) is 135 Å². The number of nitrogens with one attached hydrogen (secondary N) is 6. The molecular formula is C37H68N6O12. The van der Waals surface area contributed by atoms with E-state index in [-0.39, 0.29) is 94.4 Å². The minimum absolute atomic E-state index is 0.00510. The molecule has 0 radical (unpaired) electrons. The lowest BCUT2D eigenvalue weighted by Gasteiger charge is -2.20. The van der Waals surface area contributed by atoms with Gasteiger partial charge in [0.05, 0.1) is 25.9 Å². The van der Waals surface area contributed by atoms with Gasteiger partial charge in [-0.3, -0.25) is 29.3 Å². The average Bonchev–Trinajstić information content (AvgIpc) is 3.14. The van der Waals surface area contributed by atoms with E-state index in [0.717, 1.165) is 38.5 Å². The van der Waals surface area contributed by atoms with Crippen molar-refractivity contribution in [3.63, 3.8) is 0 Å². The summed E-state index contributed by atoms with van der Waals surface area (Å²) in [5, 5.41) is 35.5. The number of unbranched alkanes of at least 4 members (excludes halogenated alkanes) is 4. The first kappa shape index (κ1) is 51.3. The highest BCUT2D eigenvalue weighted by molar-refractivity contribution is 5.84. The summed E-state index contributed by atoms with van der Waals surface area (Å²) in [5.41, 5.74) is 0. The molecule has 4 unspecified atom stereocenters. The van der Waals surface area contributed by atoms with Gasteiger partial charge in [0, 0.05) is 46.0 Å². The van der Waals surface area contributed by atoms with Crippen LogP contribution >= 0.6 is 0 Å². The maximum atomic E-state index is 12.3. The Hall–Kier alpha value is -3.71. The number of hydrogen-bond donors (Lipinski definition) is 8. The van der Waals surface area contributed by atoms with Gasteiger partial charge >= 0.3 is 11.9 Å². The zero-order chi connectivity index (χ0) is 41.3. The van der Waals surface area contributed by atoms with Gasteiger partial charge in [0.1, 0.15) is 30.7 Å². The molecule has 318 valence electrons. The fraction of sp³-hybridized carbons (Fsp3) is 0.811. The van der Waals surface area contributed by atoms with Crippen LogP contribution in [0.3, 0.4) is 0 Å². The summed E-state index contributed by atoms with van der Waals surface area (Å²) >= 11 is 0. The fourth-order valence-electron chi connectivity index (χ4n) is 5.39. The molecule has 0 aliphatic carbocycles. The summed E-state index contributed by atoms with van der Waals surface area (Å²) in [4.78, 5) is 83.1. The van der Waals surface area contributed by atoms with Crippen molar-refractivity contribution < 1.29 is 58.0 Å². The van der Waals surface area contributed by atoms with Gasteiger partial charge in [-0.15, -0.1) is 0 Å². The Kier molecular flexibility index (Phi) is 31.3. The number of rotatable bonds is 37. The number of carbonyl (C=O) groups excluding carboxylic acids is 5. The molecule has 0 aliphatic heterocycles. The van der Waals surface area contributed by atoms with E-state index >= 15 is 0 Å². The van der Waals surface area contributed by atoms with E-state index in [4.69, 9.17) is 14.2 Å². The predicted octanol–water partition coefficient (Wildman–Crippen LogP) is 1.00. The molecule has 0 spiro atoms. The smallest absolute Gasteiger partial charge is 0.326 e. The van der Waals surface area contributed by atoms with Crippen molar-refractivity contribution in [1.29, 1.82) is 0 Å². The zero-order valence-electron chi connectivity index (χ0n) is 33.3. The third-order valence-electron chi connectivity index (χ3n) is 8.63. The first-order valence-corrected chi connectivity index (χ1v) is 19.5. The summed E-state index contributed by atoms with van der Waals surface area (Å²) in [6.45, 7) is 5.19. The minimum Gasteiger partial charge on any atom is -0.480 e. The van der Waals surface area contributed by atoms with Gasteiger partial charge in [-0.25, -0.2) is 9.59 Å². The van der Waals surface area contributed by atoms with Crippen molar-refractivity contribution in [1.82, 2.24) is 31.9 Å². The third kappa shape index (κ3) is 29.3. The van der Waals surface area contributed by atoms with Crippen LogP contribution in [-0.2, 0) is 47.8 Å². The number of amides is 4. The lowest BCUT2D eigenvalue weighted by atomic mass is 10.1. The van der Waals surface area contributed by atoms with Crippen LogP contribution in [0.1, 0.15) is 110 Å². The van der Waals surface area contributed by atoms with Gasteiger partial charge in [0.25, 0.3) is 0 Å². The van der Waals surface area contributed by atoms with Crippen molar-refractivity contribution in [2.24, 2.45) is 0 Å². The maximum Gasteiger partial charge on any atom is 0.326 e. The van der Waals surface area contributed by atoms with E-state index in [1.54, 1.807) is 7.05 Å². The third-order valence-corrected chi connectivity index (χ3v) is 8.63. The lowest BCUT2D eigenvalue weighted by Crippen LogP contribution is -2.42. The molecule has 0 bridgehead atoms. The SMILES string of the molecule is CCCCCCC(=O)NC(CCC(NCCOCCOCC(=O)NCCCC(=O)NC(CCCC(=O)NCCCCC(NC)C(C)=O)C(=O)O)OC)C(=O)O. The summed E-state index contributed by atoms with van der Waals surface area (Å²) in [7, 11) is 3.23. The highest BCUT2D eigenvalue weighted by Crippen LogP contribution is 2.07. The van der Waals surface area contributed by atoms with Gasteiger partial charge in [-0.1, -0.05) is 26.2 Å². The van der Waals surface area contributed by atoms with Crippen LogP contribution in [0.5, 0.6) is 0 Å². The number of carboxylic acid groups (broad SMARTS) is 2. The standard InChI is InChI=1S/C37H68N6O12/c1-5-6-7-8-15-32(46)43-30(37(51)52)18-19-35(53-4)41-22-23-54-24-25-55-26-34(48)40-21-12-17-33(47)42-29(36(49)50)14-11-16-31(45)39-20-10-9-13-28(38-3)27(2)44/h28-30,35,38,41H,5-26H2,1-4H3,(H,39,45)(H,40,48)(H,42,47)(H,43,46)(H,49,50)(H,51,52). The second-order valence-corrected chi connectivity index (χ2v) is 13.3. The molecule has 0 rings (SSSR count). The van der Waals surface area contributed by atoms with Gasteiger partial charge in [-0.05, 0) is 71.8 Å². The average molecular weight is 789 g/mol. The molecule has 0 saturated carbocycles. The van der Waals surface area contributed by atoms with Crippen molar-refractivity contribution in [2.75, 3.05) is 60.2 Å². The monoisotopic (exact) mass is 788 g/mol. The largest absolute Gasteiger partial charge is 0.480 e. The van der Waals surface area contributed by atoms with Gasteiger partial charge < -0.3 is 51.0 Å². The van der Waals surface area contributed by atoms with E-state index in [2.05, 4.69) is 38.8 Å². The van der Waals surface area contributed by atoms with E-state index in [1.807, 2.05) is 0 Å². The summed E-state index contributed by atoms with van der Waals surface area (Å²) in [5.74, 6) is -3.54. The Morgan fingerprint density at radius 1 is 0.582 bits per heavy atom. The predicted molar refractivity (Wildman–Crippen MR) is 204 cm³/mol. The van der Waals surface area contributed by atoms with Crippen LogP contribution in [-0.4, -0.2) is 136 Å². The number of hydrogen-bond acceptors (Lipinski definition) is 12. The number of methoxy groups -OCH3 is 1. The Bertz CT molecular complexity index is 1130. The topological polar surface area (TPSA) is 260 Å². The molecule has 0 aromatic heterocycles. The van der Waals surface area contributed by atoms with E-state index in [1.165, 1.54) is 14.0 Å². The number of carboxylic acids is 2. The molecule has 0 saturated heterocycles. The molecule has 0 aliphatic rings. The molecule has 4 amide bonds. The highest BCUT2D eigenvalue weighted by atomic mass is 16.5. The van der Waals surface area contributed by atoms with E-state index in [9.17, 15) is 43.8 Å². The molecule has 4 atom stereocenters. The number of aliphatic carboxylic acids is 2. The molecule has 18 nitrogen and oxygen atoms in total. The first-order chi connectivity index (χ1) is 26.3. The van der Waals surface area contributed by atoms with Crippen LogP contribution in [0.2, 0.25) is 0 Å². The summed E-state index contributed by atoms with van der Waals surface area (Å²) in [6, 6.07) is -2.32. The molecular weight excluding hydrogens is 720 g/mol. The molecule has 0 heterocycles. The van der Waals surface area contributed by atoms with Gasteiger partial charge in [0.15, 0.2) is 0 Å². The number of ether oxygens (including phenoxy) is 3. The van der Waals surface area contributed by atoms with Crippen molar-refractivity contribution in [3.8, 4) is 0 Å². The molecule has 18 heteroatoms. The second-order valence-electron chi connectivity index (χ2n) is 13.3. The van der Waals surface area contributed by atoms with Gasteiger partial charge in [0.2, 0.25) is 23.6 Å². The number of Topliss-reactive ketones (excluding diaryl/α,β-unsaturated/α-hetero) is 1. The highest BCUT2D eigenvalue weighted by Gasteiger charge is 2.22. The molecule has 0 aromatic rings. The van der Waals surface area contributed by atoms with Crippen LogP contribution in [0.15, 0.2) is 0 Å². The first-order valence-electron chi connectivity index (χ1n) is 19.5.